The lowest BCUT2D eigenvalue weighted by atomic mass is 10.0. The first-order chi connectivity index (χ1) is 20.2. The van der Waals surface area contributed by atoms with Gasteiger partial charge in [0.2, 0.25) is 0 Å². The van der Waals surface area contributed by atoms with Crippen LogP contribution in [0.1, 0.15) is 37.9 Å². The van der Waals surface area contributed by atoms with Gasteiger partial charge in [0.25, 0.3) is 0 Å². The summed E-state index contributed by atoms with van der Waals surface area (Å²) < 4.78 is 48.0. The highest BCUT2D eigenvalue weighted by Gasteiger charge is 2.38. The van der Waals surface area contributed by atoms with Crippen molar-refractivity contribution in [2.45, 2.75) is 45.8 Å². The number of nitrogens with one attached hydrogen (secondary N) is 1. The summed E-state index contributed by atoms with van der Waals surface area (Å²) >= 11 is 6.61. The number of rotatable bonds is 4. The van der Waals surface area contributed by atoms with Crippen LogP contribution in [0.25, 0.3) is 28.1 Å². The summed E-state index contributed by atoms with van der Waals surface area (Å²) in [4.78, 5) is 43.2. The smallest absolute Gasteiger partial charge is 0.475 e. The zero-order chi connectivity index (χ0) is 31.6. The molecule has 1 unspecified atom stereocenters. The van der Waals surface area contributed by atoms with Gasteiger partial charge >= 0.3 is 17.8 Å². The Labute approximate surface area is 248 Å². The first-order valence-electron chi connectivity index (χ1n) is 13.2. The molecule has 10 nitrogen and oxygen atoms in total. The maximum Gasteiger partial charge on any atom is 0.490 e. The number of carbonyl (C=O) groups is 1. The number of alkyl halides is 3. The average molecular weight is 622 g/mol. The van der Waals surface area contributed by atoms with Crippen LogP contribution in [-0.2, 0) is 4.79 Å². The van der Waals surface area contributed by atoms with Crippen molar-refractivity contribution in [1.29, 1.82) is 0 Å². The number of aliphatic carboxylic acids is 1. The molecule has 1 saturated heterocycles. The molecule has 1 aliphatic rings. The highest BCUT2D eigenvalue weighted by Crippen LogP contribution is 2.33. The molecule has 4 aromatic rings. The second kappa shape index (κ2) is 12.6. The number of piperazine rings is 1. The number of anilines is 1. The molecule has 0 bridgehead atoms. The predicted molar refractivity (Wildman–Crippen MR) is 153 cm³/mol. The zero-order valence-electron chi connectivity index (χ0n) is 23.6. The summed E-state index contributed by atoms with van der Waals surface area (Å²) in [6, 6.07) is 8.15. The van der Waals surface area contributed by atoms with E-state index in [0.29, 0.717) is 23.6 Å². The van der Waals surface area contributed by atoms with Crippen LogP contribution in [0.4, 0.5) is 23.4 Å². The highest BCUT2D eigenvalue weighted by molar-refractivity contribution is 6.32. The first-order valence-corrected chi connectivity index (χ1v) is 13.6. The second-order valence-corrected chi connectivity index (χ2v) is 10.5. The Morgan fingerprint density at radius 2 is 1.84 bits per heavy atom. The molecular formula is C28H28ClF4N7O3. The van der Waals surface area contributed by atoms with E-state index in [1.807, 2.05) is 31.7 Å². The van der Waals surface area contributed by atoms with E-state index in [1.54, 1.807) is 24.4 Å². The summed E-state index contributed by atoms with van der Waals surface area (Å²) in [5, 5.41) is 10.5. The van der Waals surface area contributed by atoms with E-state index in [4.69, 9.17) is 26.5 Å². The minimum atomic E-state index is -5.08. The van der Waals surface area contributed by atoms with E-state index in [-0.39, 0.29) is 34.0 Å². The molecule has 228 valence electrons. The number of benzene rings is 1. The molecule has 2 N–H and O–H groups in total. The molecule has 4 heterocycles. The Kier molecular flexibility index (Phi) is 9.30. The van der Waals surface area contributed by atoms with Crippen molar-refractivity contribution in [1.82, 2.24) is 29.8 Å². The molecule has 3 aromatic heterocycles. The van der Waals surface area contributed by atoms with Gasteiger partial charge in [-0.15, -0.1) is 0 Å². The number of carboxylic acid groups (broad SMARTS) is 1. The van der Waals surface area contributed by atoms with Gasteiger partial charge in [-0.1, -0.05) is 37.6 Å². The fourth-order valence-electron chi connectivity index (χ4n) is 4.66. The molecule has 0 spiro atoms. The van der Waals surface area contributed by atoms with Crippen LogP contribution in [0.2, 0.25) is 5.15 Å². The molecule has 5 rings (SSSR count). The minimum absolute atomic E-state index is 0.0287. The summed E-state index contributed by atoms with van der Waals surface area (Å²) in [7, 11) is 0. The molecule has 1 aliphatic heterocycles. The number of aryl methyl sites for hydroxylation is 1. The topological polar surface area (TPSA) is 126 Å². The van der Waals surface area contributed by atoms with Crippen molar-refractivity contribution in [2.75, 3.05) is 24.5 Å². The van der Waals surface area contributed by atoms with Gasteiger partial charge in [0, 0.05) is 37.4 Å². The van der Waals surface area contributed by atoms with Gasteiger partial charge in [0.1, 0.15) is 11.5 Å². The number of carboxylic acids is 1. The Bertz CT molecular complexity index is 1730. The number of hydrogen-bond acceptors (Lipinski definition) is 8. The summed E-state index contributed by atoms with van der Waals surface area (Å²) in [6.07, 6.45) is -3.36. The number of pyridine rings is 1. The standard InChI is InChI=1S/C26H27ClFN7O.C2HF3O2/c1-14(2)19-22(15(3)9-10-30-19)35-25-21(24(33-26(35)36)34-12-11-29-13-16(34)4)31-23(27)20(32-25)17-7-5-6-8-18(17)28;3-2(4,5)1(6)7/h5-10,14,16,29H,11-13H2,1-4H3;(H,6,7). The van der Waals surface area contributed by atoms with Crippen LogP contribution in [0, 0.1) is 12.7 Å². The summed E-state index contributed by atoms with van der Waals surface area (Å²) in [6.45, 7) is 10.1. The van der Waals surface area contributed by atoms with E-state index >= 15 is 0 Å². The third kappa shape index (κ3) is 6.59. The number of fused-ring (bicyclic) bond motifs is 1. The monoisotopic (exact) mass is 621 g/mol. The molecule has 0 aliphatic carbocycles. The van der Waals surface area contributed by atoms with Gasteiger partial charge in [-0.2, -0.15) is 18.2 Å². The molecule has 1 aromatic carbocycles. The minimum Gasteiger partial charge on any atom is -0.475 e. The number of aromatic nitrogens is 5. The van der Waals surface area contributed by atoms with Crippen molar-refractivity contribution in [3.63, 3.8) is 0 Å². The Balaban J connectivity index is 0.000000541. The lowest BCUT2D eigenvalue weighted by Crippen LogP contribution is -2.51. The number of halogens is 5. The first kappa shape index (κ1) is 31.8. The largest absolute Gasteiger partial charge is 0.490 e. The van der Waals surface area contributed by atoms with Crippen molar-refractivity contribution >= 4 is 34.6 Å². The summed E-state index contributed by atoms with van der Waals surface area (Å²) in [5.41, 5.74) is 2.68. The molecule has 0 radical (unpaired) electrons. The van der Waals surface area contributed by atoms with Crippen molar-refractivity contribution in [3.8, 4) is 16.9 Å². The number of nitrogens with zero attached hydrogens (tertiary/aromatic N) is 6. The molecule has 1 atom stereocenters. The van der Waals surface area contributed by atoms with Crippen LogP contribution in [0.5, 0.6) is 0 Å². The fourth-order valence-corrected chi connectivity index (χ4v) is 4.89. The fraction of sp³-hybridized carbons (Fsp3) is 0.357. The Hall–Kier alpha value is -4.17. The SMILES string of the molecule is Cc1ccnc(C(C)C)c1-n1c(=O)nc(N2CCNCC2C)c2nc(Cl)c(-c3ccccc3F)nc21.O=C(O)C(F)(F)F. The van der Waals surface area contributed by atoms with E-state index in [1.165, 1.54) is 10.6 Å². The molecular weight excluding hydrogens is 594 g/mol. The quantitative estimate of drug-likeness (QED) is 0.306. The second-order valence-electron chi connectivity index (χ2n) is 10.1. The number of hydrogen-bond donors (Lipinski definition) is 2. The van der Waals surface area contributed by atoms with E-state index < -0.39 is 23.7 Å². The van der Waals surface area contributed by atoms with Crippen molar-refractivity contribution in [3.05, 3.63) is 69.2 Å². The average Bonchev–Trinajstić information content (AvgIpc) is 2.93. The van der Waals surface area contributed by atoms with Gasteiger partial charge in [-0.3, -0.25) is 4.98 Å². The molecule has 0 amide bonds. The molecule has 43 heavy (non-hydrogen) atoms. The van der Waals surface area contributed by atoms with Crippen LogP contribution < -0.4 is 15.9 Å². The predicted octanol–water partition coefficient (Wildman–Crippen LogP) is 4.89. The van der Waals surface area contributed by atoms with Gasteiger partial charge in [-0.05, 0) is 43.5 Å². The Morgan fingerprint density at radius 1 is 1.16 bits per heavy atom. The lowest BCUT2D eigenvalue weighted by Gasteiger charge is -2.35. The van der Waals surface area contributed by atoms with Crippen LogP contribution in [-0.4, -0.2) is 67.4 Å². The van der Waals surface area contributed by atoms with Gasteiger partial charge in [-0.25, -0.2) is 28.5 Å². The summed E-state index contributed by atoms with van der Waals surface area (Å²) in [5.74, 6) is -2.79. The van der Waals surface area contributed by atoms with Crippen LogP contribution in [0.3, 0.4) is 0 Å². The van der Waals surface area contributed by atoms with E-state index in [2.05, 4.69) is 27.2 Å². The lowest BCUT2D eigenvalue weighted by molar-refractivity contribution is -0.192. The van der Waals surface area contributed by atoms with Gasteiger partial charge < -0.3 is 15.3 Å². The highest BCUT2D eigenvalue weighted by atomic mass is 35.5. The van der Waals surface area contributed by atoms with E-state index in [0.717, 1.165) is 24.3 Å². The molecule has 1 fully saturated rings. The van der Waals surface area contributed by atoms with Crippen molar-refractivity contribution < 1.29 is 27.5 Å². The molecule has 15 heteroatoms. The van der Waals surface area contributed by atoms with Crippen LogP contribution in [0.15, 0.2) is 41.3 Å². The third-order valence-corrected chi connectivity index (χ3v) is 6.98. The third-order valence-electron chi connectivity index (χ3n) is 6.72. The maximum absolute atomic E-state index is 14.8. The Morgan fingerprint density at radius 3 is 2.44 bits per heavy atom. The maximum atomic E-state index is 14.8. The molecule has 0 saturated carbocycles. The van der Waals surface area contributed by atoms with Crippen molar-refractivity contribution in [2.24, 2.45) is 0 Å². The normalized spacial score (nSPS) is 15.4. The van der Waals surface area contributed by atoms with Crippen LogP contribution >= 0.6 is 11.6 Å². The zero-order valence-corrected chi connectivity index (χ0v) is 24.3. The van der Waals surface area contributed by atoms with Gasteiger partial charge in [0.05, 0.1) is 11.4 Å². The van der Waals surface area contributed by atoms with E-state index in [9.17, 15) is 22.4 Å². The van der Waals surface area contributed by atoms with Gasteiger partial charge in [0.15, 0.2) is 22.1 Å².